The summed E-state index contributed by atoms with van der Waals surface area (Å²) < 4.78 is 5.76. The van der Waals surface area contributed by atoms with Crippen LogP contribution in [0.3, 0.4) is 0 Å². The summed E-state index contributed by atoms with van der Waals surface area (Å²) in [6, 6.07) is 6.96. The summed E-state index contributed by atoms with van der Waals surface area (Å²) in [5.41, 5.74) is 0.458. The van der Waals surface area contributed by atoms with Crippen molar-refractivity contribution in [1.29, 1.82) is 0 Å². The standard InChI is InChI=1S/C15H15ClN2O2/c1-2-3-14(15(19)11-8-17-10-18-9-11)20-13-6-4-12(16)5-7-13/h4-10,14H,2-3H2,1H3. The third-order valence-electron chi connectivity index (χ3n) is 2.78. The number of Topliss-reactive ketones (excluding diaryl/α,β-unsaturated/α-hetero) is 1. The van der Waals surface area contributed by atoms with E-state index in [2.05, 4.69) is 9.97 Å². The number of rotatable bonds is 6. The summed E-state index contributed by atoms with van der Waals surface area (Å²) in [7, 11) is 0. The summed E-state index contributed by atoms with van der Waals surface area (Å²) in [4.78, 5) is 20.1. The van der Waals surface area contributed by atoms with Gasteiger partial charge in [0, 0.05) is 17.4 Å². The predicted octanol–water partition coefficient (Wildman–Crippen LogP) is 3.56. The minimum Gasteiger partial charge on any atom is -0.482 e. The lowest BCUT2D eigenvalue weighted by Crippen LogP contribution is -2.27. The number of carbonyl (C=O) groups excluding carboxylic acids is 1. The first-order valence-electron chi connectivity index (χ1n) is 6.42. The van der Waals surface area contributed by atoms with Crippen molar-refractivity contribution in [2.75, 3.05) is 0 Å². The molecule has 0 amide bonds. The van der Waals surface area contributed by atoms with Gasteiger partial charge in [0.25, 0.3) is 0 Å². The molecule has 0 aliphatic carbocycles. The zero-order valence-corrected chi connectivity index (χ0v) is 11.9. The van der Waals surface area contributed by atoms with Crippen LogP contribution >= 0.6 is 11.6 Å². The second-order valence-corrected chi connectivity index (χ2v) is 4.78. The van der Waals surface area contributed by atoms with Crippen LogP contribution in [0.2, 0.25) is 5.02 Å². The van der Waals surface area contributed by atoms with E-state index in [4.69, 9.17) is 16.3 Å². The molecule has 0 fully saturated rings. The molecular formula is C15H15ClN2O2. The molecule has 1 unspecified atom stereocenters. The number of carbonyl (C=O) groups is 1. The van der Waals surface area contributed by atoms with Gasteiger partial charge in [0.05, 0.1) is 5.56 Å². The molecule has 0 aliphatic rings. The lowest BCUT2D eigenvalue weighted by molar-refractivity contribution is 0.0776. The zero-order chi connectivity index (χ0) is 14.4. The van der Waals surface area contributed by atoms with Crippen LogP contribution < -0.4 is 4.74 Å². The highest BCUT2D eigenvalue weighted by molar-refractivity contribution is 6.30. The number of benzene rings is 1. The lowest BCUT2D eigenvalue weighted by Gasteiger charge is -2.17. The Balaban J connectivity index is 2.14. The van der Waals surface area contributed by atoms with Crippen molar-refractivity contribution in [3.8, 4) is 5.75 Å². The van der Waals surface area contributed by atoms with E-state index in [1.807, 2.05) is 6.92 Å². The van der Waals surface area contributed by atoms with Crippen LogP contribution in [0.5, 0.6) is 5.75 Å². The summed E-state index contributed by atoms with van der Waals surface area (Å²) in [6.45, 7) is 2.01. The average Bonchev–Trinajstić information content (AvgIpc) is 2.49. The Morgan fingerprint density at radius 1 is 1.25 bits per heavy atom. The fraction of sp³-hybridized carbons (Fsp3) is 0.267. The number of ether oxygens (including phenoxy) is 1. The molecule has 1 aromatic heterocycles. The predicted molar refractivity (Wildman–Crippen MR) is 77.1 cm³/mol. The summed E-state index contributed by atoms with van der Waals surface area (Å²) >= 11 is 5.83. The van der Waals surface area contributed by atoms with E-state index in [0.717, 1.165) is 6.42 Å². The number of aromatic nitrogens is 2. The van der Waals surface area contributed by atoms with Gasteiger partial charge in [-0.3, -0.25) is 4.79 Å². The summed E-state index contributed by atoms with van der Waals surface area (Å²) in [5.74, 6) is 0.514. The molecule has 2 aromatic rings. The van der Waals surface area contributed by atoms with Crippen molar-refractivity contribution in [3.63, 3.8) is 0 Å². The number of halogens is 1. The lowest BCUT2D eigenvalue weighted by atomic mass is 10.1. The third-order valence-corrected chi connectivity index (χ3v) is 3.03. The molecule has 20 heavy (non-hydrogen) atoms. The van der Waals surface area contributed by atoms with Crippen LogP contribution in [0, 0.1) is 0 Å². The molecular weight excluding hydrogens is 276 g/mol. The van der Waals surface area contributed by atoms with Crippen molar-refractivity contribution in [3.05, 3.63) is 53.6 Å². The fourth-order valence-corrected chi connectivity index (χ4v) is 1.92. The maximum absolute atomic E-state index is 12.4. The van der Waals surface area contributed by atoms with E-state index in [1.165, 1.54) is 18.7 Å². The average molecular weight is 291 g/mol. The molecule has 0 radical (unpaired) electrons. The van der Waals surface area contributed by atoms with Gasteiger partial charge in [-0.25, -0.2) is 9.97 Å². The molecule has 0 saturated carbocycles. The number of hydrogen-bond donors (Lipinski definition) is 0. The van der Waals surface area contributed by atoms with Crippen molar-refractivity contribution in [1.82, 2.24) is 9.97 Å². The zero-order valence-electron chi connectivity index (χ0n) is 11.1. The number of nitrogens with zero attached hydrogens (tertiary/aromatic N) is 2. The van der Waals surface area contributed by atoms with Gasteiger partial charge >= 0.3 is 0 Å². The second-order valence-electron chi connectivity index (χ2n) is 4.34. The van der Waals surface area contributed by atoms with E-state index >= 15 is 0 Å². The molecule has 5 heteroatoms. The van der Waals surface area contributed by atoms with Crippen LogP contribution in [0.1, 0.15) is 30.1 Å². The highest BCUT2D eigenvalue weighted by Gasteiger charge is 2.21. The molecule has 0 N–H and O–H groups in total. The van der Waals surface area contributed by atoms with E-state index < -0.39 is 6.10 Å². The van der Waals surface area contributed by atoms with E-state index in [9.17, 15) is 4.79 Å². The van der Waals surface area contributed by atoms with Crippen LogP contribution in [-0.4, -0.2) is 21.9 Å². The monoisotopic (exact) mass is 290 g/mol. The van der Waals surface area contributed by atoms with Crippen LogP contribution in [0.15, 0.2) is 43.0 Å². The van der Waals surface area contributed by atoms with E-state index in [1.54, 1.807) is 24.3 Å². The Kier molecular flexibility index (Phi) is 5.07. The molecule has 2 rings (SSSR count). The molecule has 4 nitrogen and oxygen atoms in total. The van der Waals surface area contributed by atoms with Crippen molar-refractivity contribution >= 4 is 17.4 Å². The Bertz CT molecular complexity index is 558. The topological polar surface area (TPSA) is 52.1 Å². The normalized spacial score (nSPS) is 11.9. The van der Waals surface area contributed by atoms with Gasteiger partial charge in [-0.05, 0) is 30.7 Å². The van der Waals surface area contributed by atoms with Gasteiger partial charge in [-0.15, -0.1) is 0 Å². The van der Waals surface area contributed by atoms with Crippen LogP contribution in [0.25, 0.3) is 0 Å². The summed E-state index contributed by atoms with van der Waals surface area (Å²) in [5, 5.41) is 0.632. The molecule has 1 aromatic carbocycles. The molecule has 104 valence electrons. The highest BCUT2D eigenvalue weighted by atomic mass is 35.5. The maximum atomic E-state index is 12.4. The van der Waals surface area contributed by atoms with Gasteiger partial charge in [-0.1, -0.05) is 24.9 Å². The first kappa shape index (κ1) is 14.5. The molecule has 0 bridgehead atoms. The maximum Gasteiger partial charge on any atom is 0.206 e. The largest absolute Gasteiger partial charge is 0.482 e. The van der Waals surface area contributed by atoms with Gasteiger partial charge in [-0.2, -0.15) is 0 Å². The van der Waals surface area contributed by atoms with Gasteiger partial charge in [0.15, 0.2) is 6.10 Å². The first-order chi connectivity index (χ1) is 9.70. The number of ketones is 1. The molecule has 1 heterocycles. The van der Waals surface area contributed by atoms with E-state index in [-0.39, 0.29) is 5.78 Å². The minimum atomic E-state index is -0.535. The SMILES string of the molecule is CCCC(Oc1ccc(Cl)cc1)C(=O)c1cncnc1. The fourth-order valence-electron chi connectivity index (χ4n) is 1.80. The molecule has 0 aliphatic heterocycles. The smallest absolute Gasteiger partial charge is 0.206 e. The van der Waals surface area contributed by atoms with Crippen molar-refractivity contribution < 1.29 is 9.53 Å². The Hall–Kier alpha value is -1.94. The van der Waals surface area contributed by atoms with Gasteiger partial charge in [0.2, 0.25) is 5.78 Å². The second kappa shape index (κ2) is 7.01. The highest BCUT2D eigenvalue weighted by Crippen LogP contribution is 2.19. The van der Waals surface area contributed by atoms with Crippen LogP contribution in [0.4, 0.5) is 0 Å². The first-order valence-corrected chi connectivity index (χ1v) is 6.80. The summed E-state index contributed by atoms with van der Waals surface area (Å²) in [6.07, 6.45) is 5.35. The Morgan fingerprint density at radius 2 is 1.90 bits per heavy atom. The Labute approximate surface area is 122 Å². The van der Waals surface area contributed by atoms with E-state index in [0.29, 0.717) is 22.8 Å². The third kappa shape index (κ3) is 3.78. The number of hydrogen-bond acceptors (Lipinski definition) is 4. The van der Waals surface area contributed by atoms with Crippen LogP contribution in [-0.2, 0) is 0 Å². The molecule has 0 spiro atoms. The molecule has 0 saturated heterocycles. The van der Waals surface area contributed by atoms with Gasteiger partial charge in [0.1, 0.15) is 12.1 Å². The van der Waals surface area contributed by atoms with Gasteiger partial charge < -0.3 is 4.74 Å². The quantitative estimate of drug-likeness (QED) is 0.763. The van der Waals surface area contributed by atoms with Crippen molar-refractivity contribution in [2.24, 2.45) is 0 Å². The Morgan fingerprint density at radius 3 is 2.50 bits per heavy atom. The van der Waals surface area contributed by atoms with Crippen molar-refractivity contribution in [2.45, 2.75) is 25.9 Å². The molecule has 1 atom stereocenters. The minimum absolute atomic E-state index is 0.109.